The van der Waals surface area contributed by atoms with Gasteiger partial charge in [-0.1, -0.05) is 38.1 Å². The highest BCUT2D eigenvalue weighted by molar-refractivity contribution is 6.58. The molecule has 0 aliphatic rings. The summed E-state index contributed by atoms with van der Waals surface area (Å²) < 4.78 is 1.95. The van der Waals surface area contributed by atoms with E-state index in [1.54, 1.807) is 18.2 Å². The molecule has 0 bridgehead atoms. The highest BCUT2D eigenvalue weighted by atomic mass is 16.4. The molecule has 0 saturated heterocycles. The number of carbonyl (C=O) groups is 1. The second-order valence-corrected chi connectivity index (χ2v) is 5.93. The molecule has 0 atom stereocenters. The summed E-state index contributed by atoms with van der Waals surface area (Å²) in [7, 11) is -1.47. The van der Waals surface area contributed by atoms with Gasteiger partial charge in [-0.3, -0.25) is 4.79 Å². The van der Waals surface area contributed by atoms with E-state index in [-0.39, 0.29) is 18.3 Å². The molecular formula is C17H20BN3O5. The minimum atomic E-state index is -1.47. The third-order valence-electron chi connectivity index (χ3n) is 3.80. The fourth-order valence-corrected chi connectivity index (χ4v) is 2.66. The van der Waals surface area contributed by atoms with Gasteiger partial charge in [-0.25, -0.2) is 9.97 Å². The largest absolute Gasteiger partial charge is 0.492 e. The Bertz CT molecular complexity index is 878. The van der Waals surface area contributed by atoms with Gasteiger partial charge in [-0.05, 0) is 17.1 Å². The molecule has 0 saturated carbocycles. The first kappa shape index (κ1) is 19.4. The van der Waals surface area contributed by atoms with Gasteiger partial charge in [0.2, 0.25) is 5.88 Å². The minimum absolute atomic E-state index is 0.0377. The van der Waals surface area contributed by atoms with Crippen molar-refractivity contribution in [3.8, 4) is 5.88 Å². The van der Waals surface area contributed by atoms with Crippen LogP contribution in [0.15, 0.2) is 36.5 Å². The van der Waals surface area contributed by atoms with Crippen molar-refractivity contribution in [2.45, 2.75) is 26.3 Å². The number of fused-ring (bicyclic) bond motifs is 1. The Hall–Kier alpha value is -2.91. The fraction of sp³-hybridized carbons (Fsp3) is 0.235. The number of rotatable bonds is 4. The lowest BCUT2D eigenvalue weighted by Gasteiger charge is -2.12. The summed E-state index contributed by atoms with van der Waals surface area (Å²) in [5.41, 5.74) is 2.74. The van der Waals surface area contributed by atoms with Crippen LogP contribution < -0.4 is 5.46 Å². The molecule has 2 aromatic heterocycles. The van der Waals surface area contributed by atoms with Crippen molar-refractivity contribution >= 4 is 30.1 Å². The second kappa shape index (κ2) is 8.46. The van der Waals surface area contributed by atoms with E-state index in [9.17, 15) is 5.11 Å². The first-order chi connectivity index (χ1) is 12.4. The minimum Gasteiger partial charge on any atom is -0.492 e. The molecule has 2 heterocycles. The molecule has 3 aromatic rings. The average molecular weight is 357 g/mol. The van der Waals surface area contributed by atoms with Crippen LogP contribution in [0.2, 0.25) is 0 Å². The van der Waals surface area contributed by atoms with Gasteiger partial charge in [0.25, 0.3) is 6.47 Å². The van der Waals surface area contributed by atoms with Crippen molar-refractivity contribution < 1.29 is 25.1 Å². The Morgan fingerprint density at radius 3 is 2.35 bits per heavy atom. The molecule has 9 heteroatoms. The van der Waals surface area contributed by atoms with E-state index in [2.05, 4.69) is 9.97 Å². The highest BCUT2D eigenvalue weighted by Gasteiger charge is 2.17. The third kappa shape index (κ3) is 4.19. The van der Waals surface area contributed by atoms with E-state index in [0.29, 0.717) is 23.0 Å². The summed E-state index contributed by atoms with van der Waals surface area (Å²) in [5, 5.41) is 35.3. The van der Waals surface area contributed by atoms with E-state index in [1.165, 1.54) is 6.20 Å². The lowest BCUT2D eigenvalue weighted by atomic mass is 9.80. The van der Waals surface area contributed by atoms with Crippen molar-refractivity contribution in [3.05, 3.63) is 47.9 Å². The Balaban J connectivity index is 0.000000758. The zero-order valence-electron chi connectivity index (χ0n) is 14.4. The van der Waals surface area contributed by atoms with Gasteiger partial charge in [0.15, 0.2) is 0 Å². The maximum Gasteiger partial charge on any atom is 0.488 e. The van der Waals surface area contributed by atoms with Crippen LogP contribution in [0.3, 0.4) is 0 Å². The smallest absolute Gasteiger partial charge is 0.488 e. The van der Waals surface area contributed by atoms with Crippen LogP contribution in [0.1, 0.15) is 31.2 Å². The Labute approximate surface area is 150 Å². The SMILES string of the molecule is CC(C)c1nc2ccnc(O)c2n1Cc1ccc(B(O)O)cc1.O=CO. The lowest BCUT2D eigenvalue weighted by molar-refractivity contribution is -0.122. The summed E-state index contributed by atoms with van der Waals surface area (Å²) in [5.74, 6) is 1.03. The van der Waals surface area contributed by atoms with Gasteiger partial charge < -0.3 is 24.8 Å². The number of pyridine rings is 1. The quantitative estimate of drug-likeness (QED) is 0.399. The van der Waals surface area contributed by atoms with Gasteiger partial charge in [0, 0.05) is 18.7 Å². The van der Waals surface area contributed by atoms with Crippen LogP contribution in [0.25, 0.3) is 11.0 Å². The predicted octanol–water partition coefficient (Wildman–Crippen LogP) is 0.689. The second-order valence-electron chi connectivity index (χ2n) is 5.93. The number of hydrogen-bond donors (Lipinski definition) is 4. The Morgan fingerprint density at radius 2 is 1.81 bits per heavy atom. The van der Waals surface area contributed by atoms with E-state index in [1.807, 2.05) is 30.5 Å². The molecule has 0 spiro atoms. The van der Waals surface area contributed by atoms with Crippen LogP contribution in [-0.4, -0.2) is 48.4 Å². The molecule has 1 aromatic carbocycles. The predicted molar refractivity (Wildman–Crippen MR) is 97.3 cm³/mol. The number of carboxylic acid groups (broad SMARTS) is 1. The van der Waals surface area contributed by atoms with E-state index in [4.69, 9.17) is 19.9 Å². The topological polar surface area (TPSA) is 129 Å². The summed E-state index contributed by atoms with van der Waals surface area (Å²) in [6.07, 6.45) is 1.54. The summed E-state index contributed by atoms with van der Waals surface area (Å²) in [6, 6.07) is 8.79. The molecule has 136 valence electrons. The molecule has 0 radical (unpaired) electrons. The van der Waals surface area contributed by atoms with Crippen LogP contribution >= 0.6 is 0 Å². The van der Waals surface area contributed by atoms with Crippen molar-refractivity contribution in [3.63, 3.8) is 0 Å². The highest BCUT2D eigenvalue weighted by Crippen LogP contribution is 2.27. The molecule has 0 fully saturated rings. The van der Waals surface area contributed by atoms with Crippen LogP contribution in [-0.2, 0) is 11.3 Å². The maximum absolute atomic E-state index is 10.1. The summed E-state index contributed by atoms with van der Waals surface area (Å²) >= 11 is 0. The van der Waals surface area contributed by atoms with Crippen LogP contribution in [0.4, 0.5) is 0 Å². The fourth-order valence-electron chi connectivity index (χ4n) is 2.66. The summed E-state index contributed by atoms with van der Waals surface area (Å²) in [6.45, 7) is 4.37. The molecule has 0 amide bonds. The van der Waals surface area contributed by atoms with Crippen molar-refractivity contribution in [2.75, 3.05) is 0 Å². The average Bonchev–Trinajstić information content (AvgIpc) is 2.96. The standard InChI is InChI=1S/C16H18BN3O3.CH2O2/c1-10(2)15-19-13-7-8-18-16(21)14(13)20(15)9-11-3-5-12(6-4-11)17(22)23;2-1-3/h3-8,10,22-23H,9H2,1-2H3,(H,18,21);1H,(H,2,3). The molecule has 4 N–H and O–H groups in total. The van der Waals surface area contributed by atoms with Crippen LogP contribution in [0, 0.1) is 0 Å². The van der Waals surface area contributed by atoms with Crippen molar-refractivity contribution in [1.82, 2.24) is 14.5 Å². The number of aromatic hydroxyl groups is 1. The van der Waals surface area contributed by atoms with E-state index < -0.39 is 7.12 Å². The van der Waals surface area contributed by atoms with Crippen molar-refractivity contribution in [2.24, 2.45) is 0 Å². The lowest BCUT2D eigenvalue weighted by Crippen LogP contribution is -2.29. The van der Waals surface area contributed by atoms with Gasteiger partial charge >= 0.3 is 7.12 Å². The van der Waals surface area contributed by atoms with Gasteiger partial charge in [-0.15, -0.1) is 0 Å². The molecule has 8 nitrogen and oxygen atoms in total. The first-order valence-electron chi connectivity index (χ1n) is 7.96. The normalized spacial score (nSPS) is 10.5. The number of imidazole rings is 1. The monoisotopic (exact) mass is 357 g/mol. The van der Waals surface area contributed by atoms with Gasteiger partial charge in [0.05, 0.1) is 5.52 Å². The third-order valence-corrected chi connectivity index (χ3v) is 3.80. The number of aromatic nitrogens is 3. The number of benzene rings is 1. The zero-order valence-corrected chi connectivity index (χ0v) is 14.4. The molecule has 3 rings (SSSR count). The van der Waals surface area contributed by atoms with E-state index >= 15 is 0 Å². The molecular weight excluding hydrogens is 337 g/mol. The molecule has 0 aliphatic carbocycles. The number of nitrogens with zero attached hydrogens (tertiary/aromatic N) is 3. The zero-order chi connectivity index (χ0) is 19.3. The molecule has 0 aliphatic heterocycles. The van der Waals surface area contributed by atoms with Crippen LogP contribution in [0.5, 0.6) is 5.88 Å². The Kier molecular flexibility index (Phi) is 6.32. The first-order valence-corrected chi connectivity index (χ1v) is 7.96. The Morgan fingerprint density at radius 1 is 1.19 bits per heavy atom. The summed E-state index contributed by atoms with van der Waals surface area (Å²) in [4.78, 5) is 16.9. The molecule has 26 heavy (non-hydrogen) atoms. The number of hydrogen-bond acceptors (Lipinski definition) is 6. The maximum atomic E-state index is 10.1. The van der Waals surface area contributed by atoms with Crippen molar-refractivity contribution in [1.29, 1.82) is 0 Å². The van der Waals surface area contributed by atoms with Gasteiger partial charge in [-0.2, -0.15) is 0 Å². The van der Waals surface area contributed by atoms with Gasteiger partial charge in [0.1, 0.15) is 11.3 Å². The molecule has 0 unspecified atom stereocenters. The van der Waals surface area contributed by atoms with E-state index in [0.717, 1.165) is 11.4 Å².